The highest BCUT2D eigenvalue weighted by molar-refractivity contribution is 7.94. The Bertz CT molecular complexity index is 446. The van der Waals surface area contributed by atoms with Crippen molar-refractivity contribution in [2.45, 2.75) is 96.7 Å². The maximum absolute atomic E-state index is 12.1. The number of aldehydes is 1. The number of allylic oxidation sites excluding steroid dienone is 1. The van der Waals surface area contributed by atoms with Crippen LogP contribution in [0.1, 0.15) is 72.1 Å². The number of ether oxygens (including phenoxy) is 3. The summed E-state index contributed by atoms with van der Waals surface area (Å²) < 4.78 is 29.3. The number of hydrazone groups is 1. The lowest BCUT2D eigenvalue weighted by atomic mass is 10.1. The summed E-state index contributed by atoms with van der Waals surface area (Å²) in [6, 6.07) is 0. The Morgan fingerprint density at radius 2 is 1.97 bits per heavy atom. The van der Waals surface area contributed by atoms with Crippen molar-refractivity contribution in [3.63, 3.8) is 0 Å². The molecule has 170 valence electrons. The third kappa shape index (κ3) is 13.1. The lowest BCUT2D eigenvalue weighted by Gasteiger charge is -2.28. The van der Waals surface area contributed by atoms with Crippen LogP contribution in [0.3, 0.4) is 0 Å². The Labute approximate surface area is 180 Å². The predicted octanol–water partition coefficient (Wildman–Crippen LogP) is 5.18. The molecular formula is C21H39FN2O4S. The number of carbonyl (C=O) groups excluding carboxylic acids is 1. The van der Waals surface area contributed by atoms with Crippen LogP contribution in [-0.2, 0) is 19.0 Å². The van der Waals surface area contributed by atoms with Crippen LogP contribution in [0.2, 0.25) is 0 Å². The fraction of sp³-hybridized carbons (Fsp3) is 0.810. The van der Waals surface area contributed by atoms with Gasteiger partial charge >= 0.3 is 0 Å². The Morgan fingerprint density at radius 3 is 2.48 bits per heavy atom. The molecule has 29 heavy (non-hydrogen) atoms. The summed E-state index contributed by atoms with van der Waals surface area (Å²) in [7, 11) is 1.50. The minimum atomic E-state index is -0.731. The molecule has 0 aromatic carbocycles. The van der Waals surface area contributed by atoms with E-state index in [1.54, 1.807) is 0 Å². The number of nitrogens with zero attached hydrogens (tertiary/aromatic N) is 1. The standard InChI is InChI=1S/C19H33FN2O4S.C2H6/c1-4-17(18(14-23)25-16-9-7-5-6-8-10-16)26-19(24-3)13-21-22-15(2)11-12-27-20;1-2/h13-14,16-19,22H,2,4-12H2,1,3H3;1-2H3/b21-13-;/t17-,18+,19-;/m0./s1. The van der Waals surface area contributed by atoms with Gasteiger partial charge in [0.2, 0.25) is 0 Å². The summed E-state index contributed by atoms with van der Waals surface area (Å²) in [5, 5.41) is 4.01. The van der Waals surface area contributed by atoms with Crippen LogP contribution < -0.4 is 5.43 Å². The van der Waals surface area contributed by atoms with Crippen molar-refractivity contribution < 1.29 is 22.9 Å². The molecule has 1 rings (SSSR count). The number of halogens is 1. The van der Waals surface area contributed by atoms with E-state index in [-0.39, 0.29) is 18.3 Å². The van der Waals surface area contributed by atoms with E-state index in [4.69, 9.17) is 14.2 Å². The van der Waals surface area contributed by atoms with Crippen molar-refractivity contribution in [3.05, 3.63) is 12.3 Å². The second-order valence-electron chi connectivity index (χ2n) is 6.59. The van der Waals surface area contributed by atoms with E-state index in [2.05, 4.69) is 17.1 Å². The van der Waals surface area contributed by atoms with Gasteiger partial charge in [-0.2, -0.15) is 8.99 Å². The van der Waals surface area contributed by atoms with E-state index in [1.165, 1.54) is 26.2 Å². The smallest absolute Gasteiger partial charge is 0.195 e. The summed E-state index contributed by atoms with van der Waals surface area (Å²) >= 11 is 0.258. The number of methoxy groups -OCH3 is 1. The molecule has 8 heteroatoms. The van der Waals surface area contributed by atoms with Crippen molar-refractivity contribution in [1.29, 1.82) is 0 Å². The van der Waals surface area contributed by atoms with Gasteiger partial charge in [0.05, 0.1) is 18.4 Å². The summed E-state index contributed by atoms with van der Waals surface area (Å²) in [4.78, 5) is 11.6. The first-order chi connectivity index (χ1) is 14.1. The van der Waals surface area contributed by atoms with Gasteiger partial charge in [0, 0.05) is 30.7 Å². The van der Waals surface area contributed by atoms with E-state index in [0.29, 0.717) is 24.3 Å². The van der Waals surface area contributed by atoms with E-state index in [0.717, 1.165) is 32.0 Å². The predicted molar refractivity (Wildman–Crippen MR) is 119 cm³/mol. The zero-order valence-corrected chi connectivity index (χ0v) is 19.2. The largest absolute Gasteiger partial charge is 0.365 e. The van der Waals surface area contributed by atoms with Gasteiger partial charge in [-0.25, -0.2) is 0 Å². The molecule has 1 fully saturated rings. The fourth-order valence-corrected chi connectivity index (χ4v) is 3.27. The first kappa shape index (κ1) is 28.0. The van der Waals surface area contributed by atoms with Crippen LogP contribution in [0.5, 0.6) is 0 Å². The molecule has 0 amide bonds. The van der Waals surface area contributed by atoms with E-state index in [9.17, 15) is 8.68 Å². The SMILES string of the molecule is C=C(CCSF)N/N=C\[C@@H](OC)O[C@@H](CC)[C@@H](C=O)OC1CCCCCC1.CC. The highest BCUT2D eigenvalue weighted by Gasteiger charge is 2.27. The molecule has 3 atom stereocenters. The molecule has 1 aliphatic rings. The number of hydrogen-bond acceptors (Lipinski definition) is 7. The molecule has 0 aliphatic heterocycles. The Hall–Kier alpha value is -0.960. The van der Waals surface area contributed by atoms with Crippen molar-refractivity contribution in [3.8, 4) is 0 Å². The molecule has 0 unspecified atom stereocenters. The van der Waals surface area contributed by atoms with Gasteiger partial charge in [0.15, 0.2) is 12.6 Å². The van der Waals surface area contributed by atoms with Crippen LogP contribution in [0.25, 0.3) is 0 Å². The van der Waals surface area contributed by atoms with Crippen molar-refractivity contribution in [2.75, 3.05) is 12.9 Å². The third-order valence-corrected chi connectivity index (χ3v) is 4.85. The molecule has 0 saturated heterocycles. The minimum absolute atomic E-state index is 0.105. The zero-order chi connectivity index (χ0) is 21.9. The Kier molecular flexibility index (Phi) is 18.4. The number of hydrogen-bond donors (Lipinski definition) is 1. The van der Waals surface area contributed by atoms with Crippen LogP contribution in [-0.4, -0.2) is 50.0 Å². The third-order valence-electron chi connectivity index (χ3n) is 4.50. The molecule has 0 bridgehead atoms. The van der Waals surface area contributed by atoms with Gasteiger partial charge < -0.3 is 19.0 Å². The Balaban J connectivity index is 0.00000379. The number of carbonyl (C=O) groups is 1. The van der Waals surface area contributed by atoms with Crippen LogP contribution in [0, 0.1) is 0 Å². The summed E-state index contributed by atoms with van der Waals surface area (Å²) in [6.45, 7) is 9.69. The van der Waals surface area contributed by atoms with Crippen molar-refractivity contribution in [2.24, 2.45) is 5.10 Å². The molecular weight excluding hydrogens is 395 g/mol. The molecule has 0 aromatic rings. The van der Waals surface area contributed by atoms with Gasteiger partial charge in [-0.3, -0.25) is 5.43 Å². The van der Waals surface area contributed by atoms with E-state index < -0.39 is 18.5 Å². The average Bonchev–Trinajstić information content (AvgIpc) is 3.03. The molecule has 1 saturated carbocycles. The van der Waals surface area contributed by atoms with E-state index >= 15 is 0 Å². The van der Waals surface area contributed by atoms with Gasteiger partial charge in [-0.1, -0.05) is 53.0 Å². The average molecular weight is 435 g/mol. The Morgan fingerprint density at radius 1 is 1.31 bits per heavy atom. The normalized spacial score (nSPS) is 18.2. The maximum atomic E-state index is 12.1. The maximum Gasteiger partial charge on any atom is 0.195 e. The number of rotatable bonds is 14. The second-order valence-corrected chi connectivity index (χ2v) is 7.22. The quantitative estimate of drug-likeness (QED) is 0.133. The van der Waals surface area contributed by atoms with Crippen LogP contribution in [0.15, 0.2) is 17.4 Å². The monoisotopic (exact) mass is 434 g/mol. The molecule has 6 nitrogen and oxygen atoms in total. The fourth-order valence-electron chi connectivity index (χ4n) is 2.94. The highest BCUT2D eigenvalue weighted by Crippen LogP contribution is 2.22. The van der Waals surface area contributed by atoms with Crippen LogP contribution >= 0.6 is 12.1 Å². The highest BCUT2D eigenvalue weighted by atomic mass is 32.2. The molecule has 0 spiro atoms. The minimum Gasteiger partial charge on any atom is -0.365 e. The topological polar surface area (TPSA) is 69.2 Å². The molecule has 0 heterocycles. The van der Waals surface area contributed by atoms with Gasteiger partial charge in [0.25, 0.3) is 0 Å². The van der Waals surface area contributed by atoms with Gasteiger partial charge in [-0.05, 0) is 25.7 Å². The van der Waals surface area contributed by atoms with Crippen LogP contribution in [0.4, 0.5) is 3.89 Å². The summed E-state index contributed by atoms with van der Waals surface area (Å²) in [6.07, 6.45) is 8.36. The lowest BCUT2D eigenvalue weighted by molar-refractivity contribution is -0.169. The lowest BCUT2D eigenvalue weighted by Crippen LogP contribution is -2.39. The van der Waals surface area contributed by atoms with Gasteiger partial charge in [-0.15, -0.1) is 0 Å². The zero-order valence-electron chi connectivity index (χ0n) is 18.4. The van der Waals surface area contributed by atoms with Gasteiger partial charge in [0.1, 0.15) is 6.10 Å². The molecule has 1 N–H and O–H groups in total. The number of nitrogens with one attached hydrogen (secondary N) is 1. The van der Waals surface area contributed by atoms with Crippen molar-refractivity contribution in [1.82, 2.24) is 5.43 Å². The summed E-state index contributed by atoms with van der Waals surface area (Å²) in [5.41, 5.74) is 3.32. The van der Waals surface area contributed by atoms with Crippen molar-refractivity contribution >= 4 is 24.6 Å². The molecule has 0 radical (unpaired) electrons. The summed E-state index contributed by atoms with van der Waals surface area (Å²) in [5.74, 6) is 0.322. The van der Waals surface area contributed by atoms with E-state index in [1.807, 2.05) is 20.8 Å². The first-order valence-electron chi connectivity index (χ1n) is 10.6. The first-order valence-corrected chi connectivity index (χ1v) is 11.5. The second kappa shape index (κ2) is 19.0. The molecule has 1 aliphatic carbocycles. The molecule has 0 aromatic heterocycles.